The number of aliphatic carboxylic acids is 2. The van der Waals surface area contributed by atoms with E-state index in [9.17, 15) is 22.8 Å². The van der Waals surface area contributed by atoms with Crippen molar-refractivity contribution < 1.29 is 33.0 Å². The number of hydrogen-bond donors (Lipinski definition) is 2. The fraction of sp³-hybridized carbons (Fsp3) is 0.333. The van der Waals surface area contributed by atoms with Crippen LogP contribution < -0.4 is 4.90 Å². The number of piperidine rings is 1. The standard InChI is InChI=1S/C20H23F3N2.C4H4O4/c1-24(15-16-5-3-2-4-6-16)18-11-13-25(14-12-18)19-9-7-17(8-10-19)20(21,22)23;5-3(6)1-2-4(7)8/h2-10,18H,11-15H2,1H3;1-2H,(H,5,6)(H,7,8). The van der Waals surface area contributed by atoms with Crippen molar-refractivity contribution in [1.29, 1.82) is 0 Å². The number of benzene rings is 2. The zero-order chi connectivity index (χ0) is 24.4. The highest BCUT2D eigenvalue weighted by atomic mass is 19.4. The normalized spacial score (nSPS) is 14.8. The third kappa shape index (κ3) is 8.97. The molecule has 0 aromatic heterocycles. The first-order chi connectivity index (χ1) is 15.6. The summed E-state index contributed by atoms with van der Waals surface area (Å²) < 4.78 is 38.0. The minimum Gasteiger partial charge on any atom is -0.478 e. The number of alkyl halides is 3. The largest absolute Gasteiger partial charge is 0.478 e. The molecule has 0 radical (unpaired) electrons. The molecule has 33 heavy (non-hydrogen) atoms. The summed E-state index contributed by atoms with van der Waals surface area (Å²) in [6.07, 6.45) is -1.12. The lowest BCUT2D eigenvalue weighted by molar-refractivity contribution is -0.137. The lowest BCUT2D eigenvalue weighted by Gasteiger charge is -2.38. The molecule has 0 saturated carbocycles. The molecule has 178 valence electrons. The first-order valence-corrected chi connectivity index (χ1v) is 10.4. The molecule has 2 aromatic rings. The molecule has 0 unspecified atom stereocenters. The van der Waals surface area contributed by atoms with Gasteiger partial charge in [0.25, 0.3) is 0 Å². The fourth-order valence-corrected chi connectivity index (χ4v) is 3.57. The number of hydrogen-bond acceptors (Lipinski definition) is 4. The number of anilines is 1. The molecule has 1 aliphatic heterocycles. The molecular weight excluding hydrogens is 437 g/mol. The molecule has 3 rings (SSSR count). The van der Waals surface area contributed by atoms with Gasteiger partial charge in [-0.1, -0.05) is 30.3 Å². The highest BCUT2D eigenvalue weighted by Gasteiger charge is 2.30. The number of rotatable bonds is 6. The average molecular weight is 464 g/mol. The van der Waals surface area contributed by atoms with Crippen LogP contribution in [0.3, 0.4) is 0 Å². The Balaban J connectivity index is 0.000000414. The van der Waals surface area contributed by atoms with E-state index < -0.39 is 23.7 Å². The van der Waals surface area contributed by atoms with Crippen LogP contribution in [-0.2, 0) is 22.3 Å². The average Bonchev–Trinajstić information content (AvgIpc) is 2.78. The van der Waals surface area contributed by atoms with Gasteiger partial charge in [-0.2, -0.15) is 13.2 Å². The van der Waals surface area contributed by atoms with Gasteiger partial charge in [-0.3, -0.25) is 4.90 Å². The van der Waals surface area contributed by atoms with Gasteiger partial charge in [0.1, 0.15) is 0 Å². The molecule has 1 heterocycles. The number of carboxylic acids is 2. The van der Waals surface area contributed by atoms with Crippen LogP contribution in [0, 0.1) is 0 Å². The predicted molar refractivity (Wildman–Crippen MR) is 119 cm³/mol. The van der Waals surface area contributed by atoms with Crippen LogP contribution in [0.25, 0.3) is 0 Å². The van der Waals surface area contributed by atoms with Gasteiger partial charge in [-0.15, -0.1) is 0 Å². The Morgan fingerprint density at radius 2 is 1.48 bits per heavy atom. The Labute approximate surface area is 190 Å². The first kappa shape index (κ1) is 25.9. The fourth-order valence-electron chi connectivity index (χ4n) is 3.57. The summed E-state index contributed by atoms with van der Waals surface area (Å²) in [5.41, 5.74) is 1.58. The van der Waals surface area contributed by atoms with Crippen molar-refractivity contribution in [1.82, 2.24) is 4.90 Å². The van der Waals surface area contributed by atoms with Crippen molar-refractivity contribution in [3.8, 4) is 0 Å². The molecule has 0 bridgehead atoms. The maximum absolute atomic E-state index is 12.7. The van der Waals surface area contributed by atoms with E-state index in [-0.39, 0.29) is 0 Å². The highest BCUT2D eigenvalue weighted by Crippen LogP contribution is 2.31. The smallest absolute Gasteiger partial charge is 0.416 e. The minimum absolute atomic E-state index is 0.505. The third-order valence-electron chi connectivity index (χ3n) is 5.29. The van der Waals surface area contributed by atoms with Crippen molar-refractivity contribution in [2.24, 2.45) is 0 Å². The van der Waals surface area contributed by atoms with E-state index in [1.807, 2.05) is 6.07 Å². The monoisotopic (exact) mass is 464 g/mol. The highest BCUT2D eigenvalue weighted by molar-refractivity contribution is 5.89. The van der Waals surface area contributed by atoms with Crippen LogP contribution in [0.5, 0.6) is 0 Å². The van der Waals surface area contributed by atoms with Gasteiger partial charge in [0.15, 0.2) is 0 Å². The van der Waals surface area contributed by atoms with Crippen LogP contribution >= 0.6 is 0 Å². The van der Waals surface area contributed by atoms with E-state index >= 15 is 0 Å². The summed E-state index contributed by atoms with van der Waals surface area (Å²) in [6.45, 7) is 2.66. The van der Waals surface area contributed by atoms with E-state index in [0.717, 1.165) is 38.2 Å². The zero-order valence-corrected chi connectivity index (χ0v) is 18.2. The molecule has 0 aliphatic carbocycles. The van der Waals surface area contributed by atoms with Gasteiger partial charge >= 0.3 is 18.1 Å². The predicted octanol–water partition coefficient (Wildman–Crippen LogP) is 4.52. The van der Waals surface area contributed by atoms with Gasteiger partial charge in [0.05, 0.1) is 5.56 Å². The maximum Gasteiger partial charge on any atom is 0.416 e. The number of halogens is 3. The number of nitrogens with zero attached hydrogens (tertiary/aromatic N) is 2. The van der Waals surface area contributed by atoms with Crippen LogP contribution in [-0.4, -0.2) is 53.2 Å². The summed E-state index contributed by atoms with van der Waals surface area (Å²) >= 11 is 0. The van der Waals surface area contributed by atoms with Gasteiger partial charge < -0.3 is 15.1 Å². The molecule has 1 aliphatic rings. The van der Waals surface area contributed by atoms with Gasteiger partial charge in [0.2, 0.25) is 0 Å². The summed E-state index contributed by atoms with van der Waals surface area (Å²) in [5.74, 6) is -2.51. The van der Waals surface area contributed by atoms with Gasteiger partial charge in [0, 0.05) is 43.5 Å². The maximum atomic E-state index is 12.7. The lowest BCUT2D eigenvalue weighted by atomic mass is 10.0. The Hall–Kier alpha value is -3.33. The molecule has 1 saturated heterocycles. The second kappa shape index (κ2) is 12.1. The molecule has 1 fully saturated rings. The Morgan fingerprint density at radius 1 is 0.970 bits per heavy atom. The third-order valence-corrected chi connectivity index (χ3v) is 5.29. The summed E-state index contributed by atoms with van der Waals surface area (Å²) in [5, 5.41) is 15.6. The lowest BCUT2D eigenvalue weighted by Crippen LogP contribution is -2.43. The molecule has 0 atom stereocenters. The van der Waals surface area contributed by atoms with Crippen molar-refractivity contribution in [3.63, 3.8) is 0 Å². The van der Waals surface area contributed by atoms with Crippen molar-refractivity contribution in [2.45, 2.75) is 31.6 Å². The summed E-state index contributed by atoms with van der Waals surface area (Å²) in [4.78, 5) is 23.7. The van der Waals surface area contributed by atoms with Crippen molar-refractivity contribution >= 4 is 17.6 Å². The van der Waals surface area contributed by atoms with E-state index in [1.54, 1.807) is 12.1 Å². The molecule has 9 heteroatoms. The Kier molecular flexibility index (Phi) is 9.47. The van der Waals surface area contributed by atoms with E-state index in [0.29, 0.717) is 18.2 Å². The Bertz CT molecular complexity index is 907. The van der Waals surface area contributed by atoms with Gasteiger partial charge in [-0.25, -0.2) is 9.59 Å². The molecule has 2 N–H and O–H groups in total. The van der Waals surface area contributed by atoms with Crippen LogP contribution in [0.1, 0.15) is 24.0 Å². The number of carbonyl (C=O) groups is 2. The van der Waals surface area contributed by atoms with E-state index in [4.69, 9.17) is 10.2 Å². The topological polar surface area (TPSA) is 81.1 Å². The van der Waals surface area contributed by atoms with Gasteiger partial charge in [-0.05, 0) is 49.7 Å². The van der Waals surface area contributed by atoms with Crippen molar-refractivity contribution in [3.05, 3.63) is 77.9 Å². The second-order valence-corrected chi connectivity index (χ2v) is 7.67. The molecule has 0 spiro atoms. The summed E-state index contributed by atoms with van der Waals surface area (Å²) in [7, 11) is 2.14. The van der Waals surface area contributed by atoms with Crippen LogP contribution in [0.2, 0.25) is 0 Å². The molecule has 6 nitrogen and oxygen atoms in total. The van der Waals surface area contributed by atoms with E-state index in [1.165, 1.54) is 17.7 Å². The SMILES string of the molecule is CN(Cc1ccccc1)C1CCN(c2ccc(C(F)(F)F)cc2)CC1.O=C(O)C=CC(=O)O. The summed E-state index contributed by atoms with van der Waals surface area (Å²) in [6, 6.07) is 16.4. The molecule has 2 aromatic carbocycles. The quantitative estimate of drug-likeness (QED) is 0.612. The minimum atomic E-state index is -4.27. The second-order valence-electron chi connectivity index (χ2n) is 7.67. The molecule has 0 amide bonds. The number of carboxylic acid groups (broad SMARTS) is 2. The Morgan fingerprint density at radius 3 is 1.94 bits per heavy atom. The van der Waals surface area contributed by atoms with Crippen LogP contribution in [0.4, 0.5) is 18.9 Å². The van der Waals surface area contributed by atoms with Crippen LogP contribution in [0.15, 0.2) is 66.7 Å². The van der Waals surface area contributed by atoms with E-state index in [2.05, 4.69) is 41.1 Å². The first-order valence-electron chi connectivity index (χ1n) is 10.4. The zero-order valence-electron chi connectivity index (χ0n) is 18.2. The molecular formula is C24H27F3N2O4. The van der Waals surface area contributed by atoms with Crippen molar-refractivity contribution in [2.75, 3.05) is 25.0 Å².